The molecule has 2 atom stereocenters. The third-order valence-corrected chi connectivity index (χ3v) is 4.47. The Morgan fingerprint density at radius 3 is 3.06 bits per heavy atom. The van der Waals surface area contributed by atoms with Gasteiger partial charge < -0.3 is 14.7 Å². The third kappa shape index (κ3) is 1.86. The lowest BCUT2D eigenvalue weighted by Crippen LogP contribution is -2.27. The number of carbonyl (C=O) groups is 1. The van der Waals surface area contributed by atoms with Crippen molar-refractivity contribution in [3.63, 3.8) is 0 Å². The molecule has 3 rings (SSSR count). The maximum absolute atomic E-state index is 11.1. The van der Waals surface area contributed by atoms with Gasteiger partial charge in [-0.3, -0.25) is 0 Å². The Morgan fingerprint density at radius 2 is 2.28 bits per heavy atom. The van der Waals surface area contributed by atoms with Crippen molar-refractivity contribution < 1.29 is 14.6 Å². The molecule has 1 saturated heterocycles. The number of hydrogen-bond donors (Lipinski definition) is 1. The summed E-state index contributed by atoms with van der Waals surface area (Å²) >= 11 is 3.50. The minimum absolute atomic E-state index is 0.260. The molecule has 0 bridgehead atoms. The molecule has 4 nitrogen and oxygen atoms in total. The van der Waals surface area contributed by atoms with Crippen LogP contribution in [0.4, 0.5) is 4.79 Å². The van der Waals surface area contributed by atoms with Gasteiger partial charge in [0.25, 0.3) is 0 Å². The number of amides is 1. The Bertz CT molecular complexity index is 491. The van der Waals surface area contributed by atoms with Gasteiger partial charge in [-0.05, 0) is 34.3 Å². The van der Waals surface area contributed by atoms with Gasteiger partial charge >= 0.3 is 6.09 Å². The highest BCUT2D eigenvalue weighted by molar-refractivity contribution is 9.10. The Kier molecular flexibility index (Phi) is 2.93. The fourth-order valence-corrected chi connectivity index (χ4v) is 3.45. The summed E-state index contributed by atoms with van der Waals surface area (Å²) in [6.07, 6.45) is 0.0933. The molecule has 1 N–H and O–H groups in total. The van der Waals surface area contributed by atoms with Gasteiger partial charge in [0.05, 0.1) is 11.1 Å². The van der Waals surface area contributed by atoms with Crippen LogP contribution in [0.1, 0.15) is 17.9 Å². The predicted molar refractivity (Wildman–Crippen MR) is 70.1 cm³/mol. The van der Waals surface area contributed by atoms with Crippen LogP contribution in [0.25, 0.3) is 0 Å². The number of benzene rings is 1. The summed E-state index contributed by atoms with van der Waals surface area (Å²) < 4.78 is 6.75. The number of rotatable bonds is 0. The average Bonchev–Trinajstić information content (AvgIpc) is 2.68. The third-order valence-electron chi connectivity index (χ3n) is 3.84. The van der Waals surface area contributed by atoms with Crippen molar-refractivity contribution in [2.75, 3.05) is 19.7 Å². The minimum atomic E-state index is -0.819. The van der Waals surface area contributed by atoms with Crippen LogP contribution in [0.2, 0.25) is 0 Å². The molecule has 2 aliphatic rings. The van der Waals surface area contributed by atoms with Crippen molar-refractivity contribution in [3.05, 3.63) is 28.2 Å². The summed E-state index contributed by atoms with van der Waals surface area (Å²) in [5.74, 6) is 1.52. The van der Waals surface area contributed by atoms with Crippen LogP contribution < -0.4 is 4.74 Å². The molecule has 1 fully saturated rings. The number of ether oxygens (including phenoxy) is 1. The minimum Gasteiger partial charge on any atom is -0.492 e. The molecular formula is C13H14BrNO3. The van der Waals surface area contributed by atoms with Crippen LogP contribution in [-0.2, 0) is 0 Å². The van der Waals surface area contributed by atoms with Crippen LogP contribution in [0, 0.1) is 5.92 Å². The summed E-state index contributed by atoms with van der Waals surface area (Å²) in [6, 6.07) is 6.00. The maximum Gasteiger partial charge on any atom is 0.407 e. The highest BCUT2D eigenvalue weighted by atomic mass is 79.9. The predicted octanol–water partition coefficient (Wildman–Crippen LogP) is 2.93. The van der Waals surface area contributed by atoms with E-state index >= 15 is 0 Å². The average molecular weight is 312 g/mol. The Balaban J connectivity index is 1.99. The van der Waals surface area contributed by atoms with Crippen molar-refractivity contribution >= 4 is 22.0 Å². The standard InChI is InChI=1S/C13H14BrNO3/c14-11-3-1-2-9-10-7-15(13(16)17)6-8(10)4-5-18-12(9)11/h1-3,8,10H,4-7H2,(H,16,17)/t8-,10-/m1/s1. The number of likely N-dealkylation sites (tertiary alicyclic amines) is 1. The summed E-state index contributed by atoms with van der Waals surface area (Å²) in [7, 11) is 0. The SMILES string of the molecule is O=C(O)N1C[C@H]2CCOc3c(Br)cccc3[C@@H]2C1. The van der Waals surface area contributed by atoms with Crippen LogP contribution in [-0.4, -0.2) is 35.8 Å². The van der Waals surface area contributed by atoms with Gasteiger partial charge in [-0.1, -0.05) is 12.1 Å². The van der Waals surface area contributed by atoms with Crippen molar-refractivity contribution in [2.24, 2.45) is 5.92 Å². The van der Waals surface area contributed by atoms with Gasteiger partial charge in [0, 0.05) is 24.6 Å². The normalized spacial score (nSPS) is 25.9. The van der Waals surface area contributed by atoms with E-state index in [1.54, 1.807) is 0 Å². The van der Waals surface area contributed by atoms with E-state index in [0.717, 1.165) is 22.2 Å². The summed E-state index contributed by atoms with van der Waals surface area (Å²) in [4.78, 5) is 12.6. The molecule has 0 aromatic heterocycles. The van der Waals surface area contributed by atoms with E-state index in [0.29, 0.717) is 25.6 Å². The van der Waals surface area contributed by atoms with Crippen molar-refractivity contribution in [3.8, 4) is 5.75 Å². The monoisotopic (exact) mass is 311 g/mol. The summed E-state index contributed by atoms with van der Waals surface area (Å²) in [5, 5.41) is 9.12. The Hall–Kier alpha value is -1.23. The van der Waals surface area contributed by atoms with Crippen molar-refractivity contribution in [1.29, 1.82) is 0 Å². The second-order valence-corrected chi connectivity index (χ2v) is 5.70. The van der Waals surface area contributed by atoms with E-state index in [-0.39, 0.29) is 5.92 Å². The molecule has 96 valence electrons. The largest absolute Gasteiger partial charge is 0.492 e. The van der Waals surface area contributed by atoms with E-state index in [4.69, 9.17) is 9.84 Å². The van der Waals surface area contributed by atoms with E-state index in [2.05, 4.69) is 22.0 Å². The zero-order chi connectivity index (χ0) is 12.7. The van der Waals surface area contributed by atoms with Crippen molar-refractivity contribution in [2.45, 2.75) is 12.3 Å². The van der Waals surface area contributed by atoms with Gasteiger partial charge in [-0.15, -0.1) is 0 Å². The molecule has 5 heteroatoms. The summed E-state index contributed by atoms with van der Waals surface area (Å²) in [6.45, 7) is 1.85. The lowest BCUT2D eigenvalue weighted by molar-refractivity contribution is 0.152. The second-order valence-electron chi connectivity index (χ2n) is 4.85. The fraction of sp³-hybridized carbons (Fsp3) is 0.462. The van der Waals surface area contributed by atoms with E-state index in [1.807, 2.05) is 12.1 Å². The molecule has 0 unspecified atom stereocenters. The Morgan fingerprint density at radius 1 is 1.44 bits per heavy atom. The molecule has 1 aromatic rings. The van der Waals surface area contributed by atoms with Gasteiger partial charge in [0.1, 0.15) is 5.75 Å². The van der Waals surface area contributed by atoms with Gasteiger partial charge in [-0.2, -0.15) is 0 Å². The first kappa shape index (κ1) is 11.8. The first-order valence-electron chi connectivity index (χ1n) is 6.06. The smallest absolute Gasteiger partial charge is 0.407 e. The van der Waals surface area contributed by atoms with Gasteiger partial charge in [0.2, 0.25) is 0 Å². The fourth-order valence-electron chi connectivity index (χ4n) is 2.95. The quantitative estimate of drug-likeness (QED) is 0.801. The molecule has 2 aliphatic heterocycles. The molecule has 0 aliphatic carbocycles. The van der Waals surface area contributed by atoms with E-state index in [1.165, 1.54) is 4.90 Å². The molecule has 1 amide bonds. The number of fused-ring (bicyclic) bond motifs is 3. The van der Waals surface area contributed by atoms with E-state index < -0.39 is 6.09 Å². The zero-order valence-corrected chi connectivity index (χ0v) is 11.4. The Labute approximate surface area is 114 Å². The maximum atomic E-state index is 11.1. The highest BCUT2D eigenvalue weighted by Crippen LogP contribution is 2.44. The molecule has 0 radical (unpaired) electrons. The lowest BCUT2D eigenvalue weighted by atomic mass is 9.87. The van der Waals surface area contributed by atoms with Crippen LogP contribution in [0.5, 0.6) is 5.75 Å². The zero-order valence-electron chi connectivity index (χ0n) is 9.80. The number of hydrogen-bond acceptors (Lipinski definition) is 2. The van der Waals surface area contributed by atoms with Crippen LogP contribution >= 0.6 is 15.9 Å². The number of halogens is 1. The first-order valence-corrected chi connectivity index (χ1v) is 6.85. The molecule has 18 heavy (non-hydrogen) atoms. The van der Waals surface area contributed by atoms with Crippen molar-refractivity contribution in [1.82, 2.24) is 4.90 Å². The number of para-hydroxylation sites is 1. The van der Waals surface area contributed by atoms with Crippen LogP contribution in [0.15, 0.2) is 22.7 Å². The van der Waals surface area contributed by atoms with Gasteiger partial charge in [-0.25, -0.2) is 4.79 Å². The van der Waals surface area contributed by atoms with Gasteiger partial charge in [0.15, 0.2) is 0 Å². The topological polar surface area (TPSA) is 49.8 Å². The lowest BCUT2D eigenvalue weighted by Gasteiger charge is -2.16. The molecule has 0 saturated carbocycles. The van der Waals surface area contributed by atoms with Crippen LogP contribution in [0.3, 0.4) is 0 Å². The second kappa shape index (κ2) is 4.46. The highest BCUT2D eigenvalue weighted by Gasteiger charge is 2.39. The molecule has 1 aromatic carbocycles. The summed E-state index contributed by atoms with van der Waals surface area (Å²) in [5.41, 5.74) is 1.13. The molecule has 0 spiro atoms. The first-order chi connectivity index (χ1) is 8.66. The number of nitrogens with zero attached hydrogens (tertiary/aromatic N) is 1. The number of carboxylic acid groups (broad SMARTS) is 1. The van der Waals surface area contributed by atoms with E-state index in [9.17, 15) is 4.79 Å². The molecule has 2 heterocycles. The molecular weight excluding hydrogens is 298 g/mol.